The van der Waals surface area contributed by atoms with Crippen LogP contribution in [0.1, 0.15) is 13.8 Å². The number of carbonyl (C=O) groups is 1. The first kappa shape index (κ1) is 14.4. The molecule has 0 radical (unpaired) electrons. The number of halogens is 1. The van der Waals surface area contributed by atoms with E-state index in [4.69, 9.17) is 0 Å². The van der Waals surface area contributed by atoms with Gasteiger partial charge in [0.25, 0.3) is 5.69 Å². The molecule has 6 heteroatoms. The van der Waals surface area contributed by atoms with Crippen molar-refractivity contribution in [1.82, 2.24) is 0 Å². The number of anilines is 1. The van der Waals surface area contributed by atoms with Crippen LogP contribution in [0.15, 0.2) is 34.8 Å². The van der Waals surface area contributed by atoms with E-state index in [1.54, 1.807) is 6.07 Å². The van der Waals surface area contributed by atoms with Crippen molar-refractivity contribution in [3.05, 3.63) is 44.9 Å². The number of nitro groups is 1. The van der Waals surface area contributed by atoms with E-state index in [-0.39, 0.29) is 11.6 Å². The zero-order chi connectivity index (χ0) is 13.9. The van der Waals surface area contributed by atoms with Gasteiger partial charge in [-0.3, -0.25) is 14.9 Å². The van der Waals surface area contributed by atoms with Gasteiger partial charge in [0.05, 0.1) is 10.6 Å². The second-order valence-corrected chi connectivity index (χ2v) is 4.81. The molecule has 0 fully saturated rings. The SMILES string of the molecule is C=C(C)CN(C(C)=O)c1ccc([N+](=O)[O-])cc1Br. The molecule has 0 spiro atoms. The minimum Gasteiger partial charge on any atom is -0.307 e. The molecule has 5 nitrogen and oxygen atoms in total. The van der Waals surface area contributed by atoms with Crippen LogP contribution in [0.4, 0.5) is 11.4 Å². The highest BCUT2D eigenvalue weighted by Crippen LogP contribution is 2.30. The minimum absolute atomic E-state index is 0.0237. The van der Waals surface area contributed by atoms with Crippen LogP contribution in [0.3, 0.4) is 0 Å². The fraction of sp³-hybridized carbons (Fsp3) is 0.250. The summed E-state index contributed by atoms with van der Waals surface area (Å²) in [6.45, 7) is 7.40. The first-order valence-corrected chi connectivity index (χ1v) is 5.98. The van der Waals surface area contributed by atoms with Gasteiger partial charge in [-0.05, 0) is 28.9 Å². The first-order chi connectivity index (χ1) is 8.32. The topological polar surface area (TPSA) is 63.5 Å². The smallest absolute Gasteiger partial charge is 0.270 e. The third-order valence-electron chi connectivity index (χ3n) is 2.24. The Labute approximate surface area is 113 Å². The molecular formula is C12H13BrN2O3. The standard InChI is InChI=1S/C12H13BrN2O3/c1-8(2)7-14(9(3)16)12-5-4-10(15(17)18)6-11(12)13/h4-6H,1,7H2,2-3H3. The monoisotopic (exact) mass is 312 g/mol. The number of rotatable bonds is 4. The highest BCUT2D eigenvalue weighted by atomic mass is 79.9. The van der Waals surface area contributed by atoms with Crippen molar-refractivity contribution >= 4 is 33.2 Å². The lowest BCUT2D eigenvalue weighted by atomic mass is 10.2. The molecule has 1 amide bonds. The van der Waals surface area contributed by atoms with Crippen LogP contribution in [0.2, 0.25) is 0 Å². The van der Waals surface area contributed by atoms with Gasteiger partial charge in [-0.2, -0.15) is 0 Å². The summed E-state index contributed by atoms with van der Waals surface area (Å²) in [5, 5.41) is 10.6. The van der Waals surface area contributed by atoms with Crippen molar-refractivity contribution in [2.75, 3.05) is 11.4 Å². The van der Waals surface area contributed by atoms with Crippen LogP contribution in [0, 0.1) is 10.1 Å². The lowest BCUT2D eigenvalue weighted by molar-refractivity contribution is -0.384. The van der Waals surface area contributed by atoms with Crippen LogP contribution in [-0.4, -0.2) is 17.4 Å². The molecule has 0 aromatic heterocycles. The number of hydrogen-bond acceptors (Lipinski definition) is 3. The van der Waals surface area contributed by atoms with Crippen LogP contribution in [0.5, 0.6) is 0 Å². The van der Waals surface area contributed by atoms with E-state index in [1.807, 2.05) is 6.92 Å². The van der Waals surface area contributed by atoms with Crippen molar-refractivity contribution < 1.29 is 9.72 Å². The second kappa shape index (κ2) is 5.77. The normalized spacial score (nSPS) is 9.94. The van der Waals surface area contributed by atoms with Gasteiger partial charge in [-0.15, -0.1) is 0 Å². The van der Waals surface area contributed by atoms with Crippen LogP contribution in [0.25, 0.3) is 0 Å². The van der Waals surface area contributed by atoms with Gasteiger partial charge in [0.15, 0.2) is 0 Å². The van der Waals surface area contributed by atoms with Crippen molar-refractivity contribution in [3.63, 3.8) is 0 Å². The Morgan fingerprint density at radius 2 is 2.11 bits per heavy atom. The van der Waals surface area contributed by atoms with Gasteiger partial charge >= 0.3 is 0 Å². The van der Waals surface area contributed by atoms with Gasteiger partial charge < -0.3 is 4.90 Å². The molecule has 0 heterocycles. The number of non-ortho nitro benzene ring substituents is 1. The number of benzene rings is 1. The maximum Gasteiger partial charge on any atom is 0.270 e. The molecule has 1 aromatic carbocycles. The minimum atomic E-state index is -0.481. The van der Waals surface area contributed by atoms with Crippen molar-refractivity contribution in [1.29, 1.82) is 0 Å². The average Bonchev–Trinajstić information content (AvgIpc) is 2.25. The second-order valence-electron chi connectivity index (χ2n) is 3.96. The highest BCUT2D eigenvalue weighted by Gasteiger charge is 2.17. The summed E-state index contributed by atoms with van der Waals surface area (Å²) in [4.78, 5) is 23.2. The van der Waals surface area contributed by atoms with E-state index in [9.17, 15) is 14.9 Å². The summed E-state index contributed by atoms with van der Waals surface area (Å²) < 4.78 is 0.508. The molecule has 0 aliphatic carbocycles. The number of carbonyl (C=O) groups excluding carboxylic acids is 1. The van der Waals surface area contributed by atoms with E-state index in [2.05, 4.69) is 22.5 Å². The van der Waals surface area contributed by atoms with Gasteiger partial charge in [0.2, 0.25) is 5.91 Å². The van der Waals surface area contributed by atoms with Crippen molar-refractivity contribution in [2.24, 2.45) is 0 Å². The Morgan fingerprint density at radius 1 is 1.50 bits per heavy atom. The van der Waals surface area contributed by atoms with Gasteiger partial charge in [-0.25, -0.2) is 0 Å². The Bertz CT molecular complexity index is 514. The van der Waals surface area contributed by atoms with Gasteiger partial charge in [0, 0.05) is 30.1 Å². The maximum absolute atomic E-state index is 11.6. The van der Waals surface area contributed by atoms with Crippen molar-refractivity contribution in [3.8, 4) is 0 Å². The summed E-state index contributed by atoms with van der Waals surface area (Å²) in [7, 11) is 0. The fourth-order valence-electron chi connectivity index (χ4n) is 1.46. The molecule has 0 saturated carbocycles. The molecule has 0 saturated heterocycles. The molecule has 1 rings (SSSR count). The third kappa shape index (κ3) is 3.40. The molecule has 96 valence electrons. The molecule has 0 bridgehead atoms. The molecule has 0 N–H and O–H groups in total. The maximum atomic E-state index is 11.6. The van der Waals surface area contributed by atoms with Crippen LogP contribution < -0.4 is 4.90 Å². The van der Waals surface area contributed by atoms with Gasteiger partial charge in [-0.1, -0.05) is 12.2 Å². The Hall–Kier alpha value is -1.69. The summed E-state index contributed by atoms with van der Waals surface area (Å²) >= 11 is 3.25. The number of hydrogen-bond donors (Lipinski definition) is 0. The fourth-order valence-corrected chi connectivity index (χ4v) is 2.05. The first-order valence-electron chi connectivity index (χ1n) is 5.19. The third-order valence-corrected chi connectivity index (χ3v) is 2.88. The number of nitrogens with zero attached hydrogens (tertiary/aromatic N) is 2. The van der Waals surface area contributed by atoms with E-state index in [1.165, 1.54) is 24.0 Å². The predicted molar refractivity (Wildman–Crippen MR) is 73.6 cm³/mol. The quantitative estimate of drug-likeness (QED) is 0.487. The predicted octanol–water partition coefficient (Wildman–Crippen LogP) is 3.29. The highest BCUT2D eigenvalue weighted by molar-refractivity contribution is 9.10. The van der Waals surface area contributed by atoms with E-state index in [0.29, 0.717) is 16.7 Å². The summed E-state index contributed by atoms with van der Waals surface area (Å²) in [6, 6.07) is 4.30. The van der Waals surface area contributed by atoms with E-state index < -0.39 is 4.92 Å². The lowest BCUT2D eigenvalue weighted by Gasteiger charge is -2.22. The largest absolute Gasteiger partial charge is 0.307 e. The molecular weight excluding hydrogens is 300 g/mol. The van der Waals surface area contributed by atoms with E-state index in [0.717, 1.165) is 5.57 Å². The van der Waals surface area contributed by atoms with Gasteiger partial charge in [0.1, 0.15) is 0 Å². The Morgan fingerprint density at radius 3 is 2.50 bits per heavy atom. The summed E-state index contributed by atoms with van der Waals surface area (Å²) in [5.41, 5.74) is 1.40. The lowest BCUT2D eigenvalue weighted by Crippen LogP contribution is -2.30. The van der Waals surface area contributed by atoms with Crippen LogP contribution >= 0.6 is 15.9 Å². The Balaban J connectivity index is 3.17. The molecule has 0 unspecified atom stereocenters. The molecule has 1 aromatic rings. The average molecular weight is 313 g/mol. The molecule has 0 aliphatic rings. The summed E-state index contributed by atoms with van der Waals surface area (Å²) in [5.74, 6) is -0.146. The number of amides is 1. The molecule has 0 atom stereocenters. The van der Waals surface area contributed by atoms with E-state index >= 15 is 0 Å². The summed E-state index contributed by atoms with van der Waals surface area (Å²) in [6.07, 6.45) is 0. The van der Waals surface area contributed by atoms with Crippen LogP contribution in [-0.2, 0) is 4.79 Å². The zero-order valence-corrected chi connectivity index (χ0v) is 11.7. The van der Waals surface area contributed by atoms with Crippen molar-refractivity contribution in [2.45, 2.75) is 13.8 Å². The number of nitro benzene ring substituents is 1. The molecule has 0 aliphatic heterocycles. The zero-order valence-electron chi connectivity index (χ0n) is 10.1. The Kier molecular flexibility index (Phi) is 4.61. The molecule has 18 heavy (non-hydrogen) atoms.